The smallest absolute Gasteiger partial charge is 0.290 e. The third-order valence-electron chi connectivity index (χ3n) is 2.93. The summed E-state index contributed by atoms with van der Waals surface area (Å²) in [7, 11) is 0. The molecule has 3 nitrogen and oxygen atoms in total. The van der Waals surface area contributed by atoms with Gasteiger partial charge in [-0.1, -0.05) is 36.4 Å². The Kier molecular flexibility index (Phi) is 2.38. The molecule has 0 aliphatic carbocycles. The van der Waals surface area contributed by atoms with Crippen molar-refractivity contribution >= 4 is 10.9 Å². The number of hydrogen-bond donors (Lipinski definition) is 2. The van der Waals surface area contributed by atoms with Gasteiger partial charge in [-0.2, -0.15) is 0 Å². The van der Waals surface area contributed by atoms with Gasteiger partial charge in [0.1, 0.15) is 0 Å². The molecule has 0 amide bonds. The lowest BCUT2D eigenvalue weighted by atomic mass is 10.0. The first-order valence-corrected chi connectivity index (χ1v) is 5.65. The standard InChI is InChI=1S/C15H11NO2/c17-14-9-12-8-11(10-4-2-1-3-5-10)6-7-13(12)16-15(14)18/h1-9,17H,(H,16,18). The van der Waals surface area contributed by atoms with Crippen LogP contribution < -0.4 is 5.56 Å². The van der Waals surface area contributed by atoms with Gasteiger partial charge in [0.15, 0.2) is 5.75 Å². The van der Waals surface area contributed by atoms with Crippen molar-refractivity contribution in [2.45, 2.75) is 0 Å². The number of rotatable bonds is 1. The first kappa shape index (κ1) is 10.6. The highest BCUT2D eigenvalue weighted by Gasteiger charge is 2.03. The molecule has 2 N–H and O–H groups in total. The van der Waals surface area contributed by atoms with Gasteiger partial charge < -0.3 is 10.1 Å². The number of aromatic nitrogens is 1. The van der Waals surface area contributed by atoms with Crippen LogP contribution in [0.5, 0.6) is 5.75 Å². The van der Waals surface area contributed by atoms with Crippen LogP contribution in [0.3, 0.4) is 0 Å². The van der Waals surface area contributed by atoms with Gasteiger partial charge in [-0.15, -0.1) is 0 Å². The number of aromatic amines is 1. The fourth-order valence-electron chi connectivity index (χ4n) is 2.01. The van der Waals surface area contributed by atoms with Gasteiger partial charge in [0, 0.05) is 10.9 Å². The van der Waals surface area contributed by atoms with Crippen molar-refractivity contribution < 1.29 is 5.11 Å². The molecule has 0 saturated carbocycles. The van der Waals surface area contributed by atoms with E-state index < -0.39 is 5.56 Å². The number of aromatic hydroxyl groups is 1. The molecular formula is C15H11NO2. The van der Waals surface area contributed by atoms with E-state index >= 15 is 0 Å². The van der Waals surface area contributed by atoms with Crippen molar-refractivity contribution in [3.8, 4) is 16.9 Å². The average molecular weight is 237 g/mol. The highest BCUT2D eigenvalue weighted by Crippen LogP contribution is 2.23. The van der Waals surface area contributed by atoms with Gasteiger partial charge in [-0.05, 0) is 29.3 Å². The molecule has 3 aromatic rings. The lowest BCUT2D eigenvalue weighted by molar-refractivity contribution is 0.468. The number of nitrogens with one attached hydrogen (secondary N) is 1. The first-order valence-electron chi connectivity index (χ1n) is 5.65. The first-order chi connectivity index (χ1) is 8.74. The Morgan fingerprint density at radius 3 is 2.44 bits per heavy atom. The molecule has 0 bridgehead atoms. The van der Waals surface area contributed by atoms with Crippen molar-refractivity contribution in [1.29, 1.82) is 0 Å². The van der Waals surface area contributed by atoms with E-state index in [-0.39, 0.29) is 5.75 Å². The molecule has 18 heavy (non-hydrogen) atoms. The maximum absolute atomic E-state index is 11.3. The van der Waals surface area contributed by atoms with Crippen LogP contribution in [0.15, 0.2) is 59.4 Å². The number of benzene rings is 2. The average Bonchev–Trinajstić information content (AvgIpc) is 2.41. The minimum Gasteiger partial charge on any atom is -0.503 e. The van der Waals surface area contributed by atoms with Crippen LogP contribution in [0.25, 0.3) is 22.0 Å². The van der Waals surface area contributed by atoms with E-state index in [1.54, 1.807) is 0 Å². The summed E-state index contributed by atoms with van der Waals surface area (Å²) in [6, 6.07) is 17.2. The Bertz CT molecular complexity index is 760. The maximum Gasteiger partial charge on any atom is 0.290 e. The van der Waals surface area contributed by atoms with Crippen LogP contribution in [0.4, 0.5) is 0 Å². The number of fused-ring (bicyclic) bond motifs is 1. The zero-order valence-corrected chi connectivity index (χ0v) is 9.55. The molecule has 1 heterocycles. The summed E-state index contributed by atoms with van der Waals surface area (Å²) < 4.78 is 0. The molecule has 0 spiro atoms. The topological polar surface area (TPSA) is 53.1 Å². The zero-order chi connectivity index (χ0) is 12.5. The predicted octanol–water partition coefficient (Wildman–Crippen LogP) is 2.90. The van der Waals surface area contributed by atoms with Crippen LogP contribution in [0, 0.1) is 0 Å². The lowest BCUT2D eigenvalue weighted by Gasteiger charge is -2.04. The summed E-state index contributed by atoms with van der Waals surface area (Å²) >= 11 is 0. The molecule has 0 aliphatic rings. The molecule has 0 atom stereocenters. The normalized spacial score (nSPS) is 10.7. The quantitative estimate of drug-likeness (QED) is 0.683. The fourth-order valence-corrected chi connectivity index (χ4v) is 2.01. The minimum absolute atomic E-state index is 0.257. The molecule has 3 heteroatoms. The molecule has 88 valence electrons. The summed E-state index contributed by atoms with van der Waals surface area (Å²) in [5.74, 6) is -0.257. The molecule has 0 radical (unpaired) electrons. The molecule has 1 aromatic heterocycles. The SMILES string of the molecule is O=c1[nH]c2ccc(-c3ccccc3)cc2cc1O. The Hall–Kier alpha value is -2.55. The summed E-state index contributed by atoms with van der Waals surface area (Å²) in [6.45, 7) is 0. The summed E-state index contributed by atoms with van der Waals surface area (Å²) in [6.07, 6.45) is 0. The Morgan fingerprint density at radius 2 is 1.67 bits per heavy atom. The van der Waals surface area contributed by atoms with E-state index in [0.29, 0.717) is 0 Å². The second-order valence-corrected chi connectivity index (χ2v) is 4.15. The molecule has 2 aromatic carbocycles. The van der Waals surface area contributed by atoms with E-state index in [4.69, 9.17) is 0 Å². The Balaban J connectivity index is 2.23. The van der Waals surface area contributed by atoms with Crippen LogP contribution in [-0.4, -0.2) is 10.1 Å². The summed E-state index contributed by atoms with van der Waals surface area (Å²) in [5.41, 5.74) is 2.41. The van der Waals surface area contributed by atoms with Crippen LogP contribution in [0.1, 0.15) is 0 Å². The second kappa shape index (κ2) is 4.04. The summed E-state index contributed by atoms with van der Waals surface area (Å²) in [4.78, 5) is 13.9. The lowest BCUT2D eigenvalue weighted by Crippen LogP contribution is -2.04. The predicted molar refractivity (Wildman–Crippen MR) is 71.7 cm³/mol. The third kappa shape index (κ3) is 1.76. The van der Waals surface area contributed by atoms with Crippen molar-refractivity contribution in [3.05, 3.63) is 65.0 Å². The zero-order valence-electron chi connectivity index (χ0n) is 9.55. The van der Waals surface area contributed by atoms with Gasteiger partial charge in [0.25, 0.3) is 5.56 Å². The van der Waals surface area contributed by atoms with Crippen molar-refractivity contribution in [3.63, 3.8) is 0 Å². The molecule has 0 unspecified atom stereocenters. The number of H-pyrrole nitrogens is 1. The van der Waals surface area contributed by atoms with Gasteiger partial charge in [-0.3, -0.25) is 4.79 Å². The minimum atomic E-state index is -0.463. The maximum atomic E-state index is 11.3. The fraction of sp³-hybridized carbons (Fsp3) is 0. The molecule has 0 aliphatic heterocycles. The van der Waals surface area contributed by atoms with E-state index in [1.807, 2.05) is 48.5 Å². The molecule has 0 saturated heterocycles. The van der Waals surface area contributed by atoms with Crippen LogP contribution in [-0.2, 0) is 0 Å². The second-order valence-electron chi connectivity index (χ2n) is 4.15. The van der Waals surface area contributed by atoms with Crippen molar-refractivity contribution in [2.75, 3.05) is 0 Å². The molecular weight excluding hydrogens is 226 g/mol. The monoisotopic (exact) mass is 237 g/mol. The molecule has 3 rings (SSSR count). The van der Waals surface area contributed by atoms with E-state index in [9.17, 15) is 9.90 Å². The van der Waals surface area contributed by atoms with Gasteiger partial charge >= 0.3 is 0 Å². The van der Waals surface area contributed by atoms with E-state index in [2.05, 4.69) is 4.98 Å². The Labute approximate surface area is 103 Å². The van der Waals surface area contributed by atoms with Crippen molar-refractivity contribution in [1.82, 2.24) is 4.98 Å². The van der Waals surface area contributed by atoms with Crippen LogP contribution >= 0.6 is 0 Å². The van der Waals surface area contributed by atoms with E-state index in [0.717, 1.165) is 22.0 Å². The van der Waals surface area contributed by atoms with Gasteiger partial charge in [-0.25, -0.2) is 0 Å². The Morgan fingerprint density at radius 1 is 0.889 bits per heavy atom. The highest BCUT2D eigenvalue weighted by atomic mass is 16.3. The third-order valence-corrected chi connectivity index (χ3v) is 2.93. The van der Waals surface area contributed by atoms with Gasteiger partial charge in [0.2, 0.25) is 0 Å². The highest BCUT2D eigenvalue weighted by molar-refractivity contribution is 5.85. The largest absolute Gasteiger partial charge is 0.503 e. The molecule has 0 fully saturated rings. The number of hydrogen-bond acceptors (Lipinski definition) is 2. The van der Waals surface area contributed by atoms with Crippen molar-refractivity contribution in [2.24, 2.45) is 0 Å². The van der Waals surface area contributed by atoms with Crippen LogP contribution in [0.2, 0.25) is 0 Å². The number of pyridine rings is 1. The van der Waals surface area contributed by atoms with E-state index in [1.165, 1.54) is 6.07 Å². The van der Waals surface area contributed by atoms with Gasteiger partial charge in [0.05, 0.1) is 0 Å². The summed E-state index contributed by atoms with van der Waals surface area (Å²) in [5, 5.41) is 10.2.